The molecular weight excluding hydrogens is 300 g/mol. The van der Waals surface area contributed by atoms with Gasteiger partial charge < -0.3 is 20.3 Å². The summed E-state index contributed by atoms with van der Waals surface area (Å²) in [7, 11) is 2.23. The highest BCUT2D eigenvalue weighted by atomic mass is 16.5. The van der Waals surface area contributed by atoms with Gasteiger partial charge in [0, 0.05) is 63.0 Å². The molecule has 0 bridgehead atoms. The molecule has 1 unspecified atom stereocenters. The first-order valence-electron chi connectivity index (χ1n) is 9.37. The number of nitrogen functional groups attached to an aromatic ring is 1. The highest BCUT2D eigenvalue weighted by molar-refractivity contribution is 5.70. The Bertz CT molecular complexity index is 589. The molecule has 0 amide bonds. The maximum atomic E-state index is 6.11. The van der Waals surface area contributed by atoms with Crippen LogP contribution in [0.25, 0.3) is 0 Å². The standard InChI is InChI=1S/C19H30N4O/c1-14-13-16-18(4-3-17(20)19(16)24-14)23-7-5-15(6-8-23)22-11-9-21(2)10-12-22/h3-4,14-15H,5-13,20H2,1-2H3. The van der Waals surface area contributed by atoms with Crippen molar-refractivity contribution >= 4 is 11.4 Å². The van der Waals surface area contributed by atoms with Crippen molar-refractivity contribution in [3.8, 4) is 5.75 Å². The van der Waals surface area contributed by atoms with Gasteiger partial charge in [-0.25, -0.2) is 0 Å². The van der Waals surface area contributed by atoms with Crippen LogP contribution in [-0.2, 0) is 6.42 Å². The summed E-state index contributed by atoms with van der Waals surface area (Å²) in [6.45, 7) is 9.28. The van der Waals surface area contributed by atoms with E-state index in [1.54, 1.807) is 0 Å². The van der Waals surface area contributed by atoms with Gasteiger partial charge >= 0.3 is 0 Å². The van der Waals surface area contributed by atoms with Gasteiger partial charge in [-0.1, -0.05) is 0 Å². The molecule has 5 heteroatoms. The zero-order valence-electron chi connectivity index (χ0n) is 15.0. The van der Waals surface area contributed by atoms with E-state index in [1.807, 2.05) is 6.07 Å². The Labute approximate surface area is 145 Å². The number of rotatable bonds is 2. The molecule has 3 aliphatic heterocycles. The summed E-state index contributed by atoms with van der Waals surface area (Å²) in [6.07, 6.45) is 3.75. The van der Waals surface area contributed by atoms with Crippen molar-refractivity contribution in [3.63, 3.8) is 0 Å². The number of nitrogens with zero attached hydrogens (tertiary/aromatic N) is 3. The lowest BCUT2D eigenvalue weighted by Gasteiger charge is -2.43. The molecule has 4 rings (SSSR count). The predicted molar refractivity (Wildman–Crippen MR) is 99.0 cm³/mol. The van der Waals surface area contributed by atoms with E-state index in [-0.39, 0.29) is 6.10 Å². The van der Waals surface area contributed by atoms with Crippen molar-refractivity contribution in [3.05, 3.63) is 17.7 Å². The lowest BCUT2D eigenvalue weighted by atomic mass is 9.99. The van der Waals surface area contributed by atoms with Gasteiger partial charge in [0.25, 0.3) is 0 Å². The van der Waals surface area contributed by atoms with E-state index in [0.717, 1.165) is 37.0 Å². The third-order valence-electron chi connectivity index (χ3n) is 5.94. The van der Waals surface area contributed by atoms with Gasteiger partial charge in [0.2, 0.25) is 0 Å². The molecule has 2 N–H and O–H groups in total. The van der Waals surface area contributed by atoms with Crippen LogP contribution in [0.1, 0.15) is 25.3 Å². The van der Waals surface area contributed by atoms with Crippen molar-refractivity contribution in [1.82, 2.24) is 9.80 Å². The molecule has 0 saturated carbocycles. The highest BCUT2D eigenvalue weighted by Gasteiger charge is 2.30. The molecule has 2 fully saturated rings. The van der Waals surface area contributed by atoms with Crippen molar-refractivity contribution in [2.24, 2.45) is 0 Å². The molecular formula is C19H30N4O. The number of fused-ring (bicyclic) bond motifs is 1. The van der Waals surface area contributed by atoms with Crippen LogP contribution in [-0.4, -0.2) is 68.3 Å². The number of nitrogens with two attached hydrogens (primary N) is 1. The fourth-order valence-electron chi connectivity index (χ4n) is 4.46. The second kappa shape index (κ2) is 6.45. The highest BCUT2D eigenvalue weighted by Crippen LogP contribution is 2.41. The van der Waals surface area contributed by atoms with Crippen LogP contribution < -0.4 is 15.4 Å². The predicted octanol–water partition coefficient (Wildman–Crippen LogP) is 1.81. The van der Waals surface area contributed by atoms with Crippen LogP contribution >= 0.6 is 0 Å². The summed E-state index contributed by atoms with van der Waals surface area (Å²) in [4.78, 5) is 7.69. The van der Waals surface area contributed by atoms with E-state index in [2.05, 4.69) is 34.7 Å². The average molecular weight is 330 g/mol. The molecule has 2 saturated heterocycles. The molecule has 3 heterocycles. The van der Waals surface area contributed by atoms with Crippen LogP contribution in [0.4, 0.5) is 11.4 Å². The Hall–Kier alpha value is -1.46. The number of benzene rings is 1. The summed E-state index contributed by atoms with van der Waals surface area (Å²) >= 11 is 0. The summed E-state index contributed by atoms with van der Waals surface area (Å²) < 4.78 is 5.93. The number of likely N-dealkylation sites (N-methyl/N-ethyl adjacent to an activating group) is 1. The zero-order chi connectivity index (χ0) is 16.7. The minimum Gasteiger partial charge on any atom is -0.488 e. The number of piperazine rings is 1. The van der Waals surface area contributed by atoms with Crippen molar-refractivity contribution < 1.29 is 4.74 Å². The number of anilines is 2. The van der Waals surface area contributed by atoms with E-state index in [1.165, 1.54) is 50.3 Å². The minimum absolute atomic E-state index is 0.242. The Kier molecular flexibility index (Phi) is 4.31. The smallest absolute Gasteiger partial charge is 0.147 e. The molecule has 1 aromatic rings. The van der Waals surface area contributed by atoms with E-state index >= 15 is 0 Å². The van der Waals surface area contributed by atoms with Crippen molar-refractivity contribution in [2.75, 3.05) is 56.9 Å². The Morgan fingerprint density at radius 1 is 1.04 bits per heavy atom. The van der Waals surface area contributed by atoms with Crippen molar-refractivity contribution in [1.29, 1.82) is 0 Å². The van der Waals surface area contributed by atoms with Crippen LogP contribution in [0.2, 0.25) is 0 Å². The first kappa shape index (κ1) is 16.0. The minimum atomic E-state index is 0.242. The van der Waals surface area contributed by atoms with Crippen LogP contribution in [0.15, 0.2) is 12.1 Å². The molecule has 0 aliphatic carbocycles. The zero-order valence-corrected chi connectivity index (χ0v) is 15.0. The third kappa shape index (κ3) is 2.95. The Morgan fingerprint density at radius 3 is 2.46 bits per heavy atom. The Morgan fingerprint density at radius 2 is 1.75 bits per heavy atom. The lowest BCUT2D eigenvalue weighted by Crippen LogP contribution is -2.52. The van der Waals surface area contributed by atoms with Crippen LogP contribution in [0.5, 0.6) is 5.75 Å². The maximum Gasteiger partial charge on any atom is 0.147 e. The number of hydrogen-bond donors (Lipinski definition) is 1. The van der Waals surface area contributed by atoms with E-state index in [0.29, 0.717) is 0 Å². The summed E-state index contributed by atoms with van der Waals surface area (Å²) in [5.74, 6) is 0.932. The number of hydrogen-bond acceptors (Lipinski definition) is 5. The summed E-state index contributed by atoms with van der Waals surface area (Å²) in [5.41, 5.74) is 9.56. The molecule has 3 aliphatic rings. The average Bonchev–Trinajstić information content (AvgIpc) is 2.99. The summed E-state index contributed by atoms with van der Waals surface area (Å²) in [6, 6.07) is 4.97. The van der Waals surface area contributed by atoms with E-state index in [9.17, 15) is 0 Å². The second-order valence-corrected chi connectivity index (χ2v) is 7.67. The van der Waals surface area contributed by atoms with Gasteiger partial charge in [-0.3, -0.25) is 4.90 Å². The fourth-order valence-corrected chi connectivity index (χ4v) is 4.46. The second-order valence-electron chi connectivity index (χ2n) is 7.67. The monoisotopic (exact) mass is 330 g/mol. The topological polar surface area (TPSA) is 45.0 Å². The third-order valence-corrected chi connectivity index (χ3v) is 5.94. The van der Waals surface area contributed by atoms with Gasteiger partial charge in [0.1, 0.15) is 11.9 Å². The molecule has 0 radical (unpaired) electrons. The number of ether oxygens (including phenoxy) is 1. The van der Waals surface area contributed by atoms with Gasteiger partial charge in [-0.15, -0.1) is 0 Å². The molecule has 5 nitrogen and oxygen atoms in total. The normalized spacial score (nSPS) is 26.4. The van der Waals surface area contributed by atoms with Crippen LogP contribution in [0.3, 0.4) is 0 Å². The molecule has 1 atom stereocenters. The van der Waals surface area contributed by atoms with Gasteiger partial charge in [-0.05, 0) is 38.9 Å². The quantitative estimate of drug-likeness (QED) is 0.838. The largest absolute Gasteiger partial charge is 0.488 e. The Balaban J connectivity index is 1.43. The molecule has 132 valence electrons. The van der Waals surface area contributed by atoms with Gasteiger partial charge in [-0.2, -0.15) is 0 Å². The first-order chi connectivity index (χ1) is 11.6. The molecule has 1 aromatic carbocycles. The van der Waals surface area contributed by atoms with Gasteiger partial charge in [0.15, 0.2) is 0 Å². The SMILES string of the molecule is CC1Cc2c(N3CCC(N4CCN(C)CC4)CC3)ccc(N)c2O1. The molecule has 0 aromatic heterocycles. The first-order valence-corrected chi connectivity index (χ1v) is 9.37. The number of piperidine rings is 1. The fraction of sp³-hybridized carbons (Fsp3) is 0.684. The van der Waals surface area contributed by atoms with Crippen molar-refractivity contribution in [2.45, 2.75) is 38.3 Å². The van der Waals surface area contributed by atoms with Gasteiger partial charge in [0.05, 0.1) is 5.69 Å². The molecule has 0 spiro atoms. The lowest BCUT2D eigenvalue weighted by molar-refractivity contribution is 0.0982. The molecule has 24 heavy (non-hydrogen) atoms. The van der Waals surface area contributed by atoms with E-state index in [4.69, 9.17) is 10.5 Å². The van der Waals surface area contributed by atoms with Crippen LogP contribution in [0, 0.1) is 0 Å². The summed E-state index contributed by atoms with van der Waals surface area (Å²) in [5, 5.41) is 0. The maximum absolute atomic E-state index is 6.11. The van der Waals surface area contributed by atoms with E-state index < -0.39 is 0 Å².